The van der Waals surface area contributed by atoms with E-state index in [4.69, 9.17) is 24.3 Å². The van der Waals surface area contributed by atoms with Crippen LogP contribution in [0, 0.1) is 0 Å². The maximum atomic E-state index is 12.3. The van der Waals surface area contributed by atoms with Crippen molar-refractivity contribution < 1.29 is 32.8 Å². The summed E-state index contributed by atoms with van der Waals surface area (Å²) in [5.41, 5.74) is 5.31. The van der Waals surface area contributed by atoms with E-state index in [0.29, 0.717) is 13.0 Å². The van der Waals surface area contributed by atoms with E-state index in [9.17, 15) is 14.3 Å². The van der Waals surface area contributed by atoms with Crippen LogP contribution >= 0.6 is 7.82 Å². The molecule has 0 aliphatic rings. The molecular weight excluding hydrogens is 541 g/mol. The number of hydrogen-bond donors (Lipinski definition) is 2. The summed E-state index contributed by atoms with van der Waals surface area (Å²) in [5.74, 6) is -0.349. The van der Waals surface area contributed by atoms with Crippen molar-refractivity contribution in [2.45, 2.75) is 142 Å². The number of unbranched alkanes of at least 4 members (excludes halogenated alkanes) is 14. The lowest BCUT2D eigenvalue weighted by molar-refractivity contribution is -0.154. The molecule has 0 amide bonds. The molecular formula is C32H62NO7P. The van der Waals surface area contributed by atoms with Gasteiger partial charge in [0.05, 0.1) is 19.8 Å². The number of rotatable bonds is 31. The van der Waals surface area contributed by atoms with Crippen molar-refractivity contribution >= 4 is 13.8 Å². The zero-order chi connectivity index (χ0) is 30.3. The van der Waals surface area contributed by atoms with E-state index in [0.717, 1.165) is 57.8 Å². The molecule has 8 nitrogen and oxygen atoms in total. The molecule has 0 saturated carbocycles. The Labute approximate surface area is 251 Å². The average molecular weight is 604 g/mol. The molecule has 9 heteroatoms. The van der Waals surface area contributed by atoms with Gasteiger partial charge in [0.1, 0.15) is 6.10 Å². The molecule has 2 atom stereocenters. The highest BCUT2D eigenvalue weighted by Gasteiger charge is 2.25. The van der Waals surface area contributed by atoms with Crippen LogP contribution in [0.15, 0.2) is 24.3 Å². The standard InChI is InChI=1S/C32H62NO7P/c1-3-5-7-9-10-11-12-13-14-15-16-17-18-19-20-22-24-27-37-29-31(30-39-41(35,36)38-28-26-33)40-32(34)25-23-21-8-6-4-2/h11-12,14-15,31H,3-10,13,16-30,33H2,1-2H3,(H,35,36)/b12-11-,15-14-. The molecule has 3 N–H and O–H groups in total. The Hall–Kier alpha value is -1.02. The summed E-state index contributed by atoms with van der Waals surface area (Å²) in [6, 6.07) is 0. The molecule has 0 aromatic heterocycles. The van der Waals surface area contributed by atoms with Crippen LogP contribution in [0.3, 0.4) is 0 Å². The van der Waals surface area contributed by atoms with Gasteiger partial charge < -0.3 is 20.1 Å². The first-order valence-corrected chi connectivity index (χ1v) is 17.8. The van der Waals surface area contributed by atoms with Crippen LogP contribution in [0.5, 0.6) is 0 Å². The third-order valence-electron chi connectivity index (χ3n) is 6.62. The van der Waals surface area contributed by atoms with E-state index >= 15 is 0 Å². The largest absolute Gasteiger partial charge is 0.472 e. The second-order valence-electron chi connectivity index (χ2n) is 10.7. The van der Waals surface area contributed by atoms with Gasteiger partial charge in [0, 0.05) is 19.6 Å². The van der Waals surface area contributed by atoms with Gasteiger partial charge in [0.15, 0.2) is 0 Å². The van der Waals surface area contributed by atoms with Gasteiger partial charge in [-0.05, 0) is 44.9 Å². The van der Waals surface area contributed by atoms with Crippen molar-refractivity contribution in [1.82, 2.24) is 0 Å². The average Bonchev–Trinajstić information content (AvgIpc) is 2.95. The molecule has 2 unspecified atom stereocenters. The van der Waals surface area contributed by atoms with Crippen LogP contribution in [-0.2, 0) is 27.9 Å². The quantitative estimate of drug-likeness (QED) is 0.0350. The van der Waals surface area contributed by atoms with Crippen molar-refractivity contribution in [1.29, 1.82) is 0 Å². The van der Waals surface area contributed by atoms with Gasteiger partial charge in [-0.25, -0.2) is 4.57 Å². The number of carbonyl (C=O) groups is 1. The lowest BCUT2D eigenvalue weighted by Gasteiger charge is -2.20. The van der Waals surface area contributed by atoms with E-state index in [1.807, 2.05) is 0 Å². The first kappa shape index (κ1) is 40.0. The predicted octanol–water partition coefficient (Wildman–Crippen LogP) is 8.57. The third kappa shape index (κ3) is 30.2. The van der Waals surface area contributed by atoms with E-state index in [1.54, 1.807) is 0 Å². The molecule has 0 spiro atoms. The minimum Gasteiger partial charge on any atom is -0.457 e. The topological polar surface area (TPSA) is 117 Å². The summed E-state index contributed by atoms with van der Waals surface area (Å²) in [6.45, 7) is 4.77. The molecule has 0 radical (unpaired) electrons. The van der Waals surface area contributed by atoms with Gasteiger partial charge in [-0.3, -0.25) is 13.8 Å². The van der Waals surface area contributed by atoms with Gasteiger partial charge in [-0.15, -0.1) is 0 Å². The van der Waals surface area contributed by atoms with Crippen molar-refractivity contribution in [2.75, 3.05) is 33.0 Å². The number of allylic oxidation sites excluding steroid dienone is 4. The summed E-state index contributed by atoms with van der Waals surface area (Å²) in [6.07, 6.45) is 29.4. The predicted molar refractivity (Wildman–Crippen MR) is 169 cm³/mol. The molecule has 0 fully saturated rings. The summed E-state index contributed by atoms with van der Waals surface area (Å²) >= 11 is 0. The summed E-state index contributed by atoms with van der Waals surface area (Å²) < 4.78 is 32.9. The minimum atomic E-state index is -4.25. The molecule has 0 aliphatic heterocycles. The van der Waals surface area contributed by atoms with Crippen molar-refractivity contribution in [3.05, 3.63) is 24.3 Å². The molecule has 0 aromatic rings. The lowest BCUT2D eigenvalue weighted by Crippen LogP contribution is -2.28. The first-order chi connectivity index (χ1) is 19.9. The van der Waals surface area contributed by atoms with Gasteiger partial charge in [0.25, 0.3) is 0 Å². The summed E-state index contributed by atoms with van der Waals surface area (Å²) in [4.78, 5) is 22.0. The number of carbonyl (C=O) groups excluding carboxylic acids is 1. The second kappa shape index (κ2) is 30.4. The first-order valence-electron chi connectivity index (χ1n) is 16.3. The van der Waals surface area contributed by atoms with Crippen molar-refractivity contribution in [3.8, 4) is 0 Å². The minimum absolute atomic E-state index is 0.0971. The Morgan fingerprint density at radius 2 is 1.29 bits per heavy atom. The van der Waals surface area contributed by atoms with Crippen LogP contribution in [-0.4, -0.2) is 49.9 Å². The number of ether oxygens (including phenoxy) is 2. The molecule has 0 bridgehead atoms. The maximum absolute atomic E-state index is 12.3. The van der Waals surface area contributed by atoms with Crippen LogP contribution in [0.1, 0.15) is 136 Å². The number of esters is 1. The Morgan fingerprint density at radius 3 is 1.93 bits per heavy atom. The molecule has 41 heavy (non-hydrogen) atoms. The fourth-order valence-electron chi connectivity index (χ4n) is 4.20. The van der Waals surface area contributed by atoms with E-state index in [-0.39, 0.29) is 32.3 Å². The van der Waals surface area contributed by atoms with Crippen molar-refractivity contribution in [3.63, 3.8) is 0 Å². The molecule has 0 saturated heterocycles. The Balaban J connectivity index is 4.01. The number of phosphoric ester groups is 1. The van der Waals surface area contributed by atoms with E-state index in [1.165, 1.54) is 57.8 Å². The second-order valence-corrected chi connectivity index (χ2v) is 12.1. The molecule has 0 aromatic carbocycles. The smallest absolute Gasteiger partial charge is 0.457 e. The van der Waals surface area contributed by atoms with Gasteiger partial charge in [0.2, 0.25) is 0 Å². The van der Waals surface area contributed by atoms with Crippen LogP contribution in [0.25, 0.3) is 0 Å². The van der Waals surface area contributed by atoms with Gasteiger partial charge in [-0.1, -0.05) is 109 Å². The Kier molecular flexibility index (Phi) is 29.7. The zero-order valence-electron chi connectivity index (χ0n) is 26.3. The Bertz CT molecular complexity index is 687. The highest BCUT2D eigenvalue weighted by molar-refractivity contribution is 7.47. The highest BCUT2D eigenvalue weighted by atomic mass is 31.2. The number of nitrogens with two attached hydrogens (primary N) is 1. The Morgan fingerprint density at radius 1 is 0.732 bits per heavy atom. The maximum Gasteiger partial charge on any atom is 0.472 e. The fourth-order valence-corrected chi connectivity index (χ4v) is 4.97. The number of phosphoric acid groups is 1. The molecule has 0 rings (SSSR count). The van der Waals surface area contributed by atoms with Crippen molar-refractivity contribution in [2.24, 2.45) is 5.73 Å². The van der Waals surface area contributed by atoms with E-state index in [2.05, 4.69) is 38.2 Å². The molecule has 0 heterocycles. The van der Waals surface area contributed by atoms with Crippen LogP contribution < -0.4 is 5.73 Å². The molecule has 242 valence electrons. The SMILES string of the molecule is CCCCCC/C=C\C/C=C\CCCCCCCCOCC(COP(=O)(O)OCCN)OC(=O)CCCCCCC. The third-order valence-corrected chi connectivity index (χ3v) is 7.61. The highest BCUT2D eigenvalue weighted by Crippen LogP contribution is 2.43. The monoisotopic (exact) mass is 603 g/mol. The fraction of sp³-hybridized carbons (Fsp3) is 0.844. The zero-order valence-corrected chi connectivity index (χ0v) is 27.2. The molecule has 0 aliphatic carbocycles. The van der Waals surface area contributed by atoms with Crippen LogP contribution in [0.2, 0.25) is 0 Å². The summed E-state index contributed by atoms with van der Waals surface area (Å²) in [5, 5.41) is 0. The number of hydrogen-bond acceptors (Lipinski definition) is 7. The summed E-state index contributed by atoms with van der Waals surface area (Å²) in [7, 11) is -4.25. The lowest BCUT2D eigenvalue weighted by atomic mass is 10.1. The van der Waals surface area contributed by atoms with Gasteiger partial charge in [-0.2, -0.15) is 0 Å². The van der Waals surface area contributed by atoms with Crippen LogP contribution in [0.4, 0.5) is 0 Å². The normalized spacial score (nSPS) is 14.1. The van der Waals surface area contributed by atoms with Gasteiger partial charge >= 0.3 is 13.8 Å². The van der Waals surface area contributed by atoms with E-state index < -0.39 is 13.9 Å².